The van der Waals surface area contributed by atoms with Crippen molar-refractivity contribution in [1.82, 2.24) is 10.6 Å². The van der Waals surface area contributed by atoms with Crippen LogP contribution in [0.1, 0.15) is 57.9 Å². The molecule has 0 aromatic heterocycles. The van der Waals surface area contributed by atoms with Crippen LogP contribution in [0.25, 0.3) is 0 Å². The number of amides is 2. The first-order chi connectivity index (χ1) is 12.6. The van der Waals surface area contributed by atoms with E-state index in [0.717, 1.165) is 24.1 Å². The van der Waals surface area contributed by atoms with Gasteiger partial charge in [-0.3, -0.25) is 9.59 Å². The number of anilines is 1. The van der Waals surface area contributed by atoms with Gasteiger partial charge in [0.1, 0.15) is 0 Å². The zero-order valence-electron chi connectivity index (χ0n) is 15.9. The smallest absolute Gasteiger partial charge is 0.237 e. The van der Waals surface area contributed by atoms with Crippen molar-refractivity contribution in [3.63, 3.8) is 0 Å². The molecule has 5 nitrogen and oxygen atoms in total. The fourth-order valence-electron chi connectivity index (χ4n) is 4.04. The van der Waals surface area contributed by atoms with Crippen molar-refractivity contribution < 1.29 is 9.59 Å². The lowest BCUT2D eigenvalue weighted by atomic mass is 9.85. The third-order valence-corrected chi connectivity index (χ3v) is 5.90. The van der Waals surface area contributed by atoms with E-state index in [1.165, 1.54) is 25.7 Å². The average Bonchev–Trinajstić information content (AvgIpc) is 3.10. The minimum Gasteiger partial charge on any atom is -0.351 e. The summed E-state index contributed by atoms with van der Waals surface area (Å²) in [7, 11) is 0. The number of hydrogen-bond donors (Lipinski definition) is 3. The van der Waals surface area contributed by atoms with Gasteiger partial charge < -0.3 is 16.0 Å². The van der Waals surface area contributed by atoms with E-state index in [4.69, 9.17) is 0 Å². The van der Waals surface area contributed by atoms with Gasteiger partial charge in [0, 0.05) is 24.2 Å². The van der Waals surface area contributed by atoms with Crippen molar-refractivity contribution in [2.75, 3.05) is 5.32 Å². The van der Waals surface area contributed by atoms with Crippen LogP contribution in [0, 0.1) is 11.8 Å². The molecule has 4 atom stereocenters. The van der Waals surface area contributed by atoms with Crippen molar-refractivity contribution in [2.24, 2.45) is 11.8 Å². The highest BCUT2D eigenvalue weighted by Gasteiger charge is 2.37. The van der Waals surface area contributed by atoms with E-state index in [-0.39, 0.29) is 23.8 Å². The van der Waals surface area contributed by atoms with Crippen LogP contribution >= 0.6 is 0 Å². The Morgan fingerprint density at radius 1 is 1.27 bits per heavy atom. The molecule has 1 saturated heterocycles. The minimum absolute atomic E-state index is 0.00432. The van der Waals surface area contributed by atoms with E-state index in [1.807, 2.05) is 38.1 Å². The molecule has 2 aliphatic rings. The number of rotatable bonds is 6. The van der Waals surface area contributed by atoms with Crippen molar-refractivity contribution >= 4 is 17.5 Å². The summed E-state index contributed by atoms with van der Waals surface area (Å²) in [6, 6.07) is 8.17. The fraction of sp³-hybridized carbons (Fsp3) is 0.619. The number of carbonyl (C=O) groups excluding carboxylic acids is 2. The molecule has 1 aliphatic carbocycles. The molecule has 142 valence electrons. The molecule has 2 amide bonds. The molecule has 1 heterocycles. The Morgan fingerprint density at radius 2 is 2.08 bits per heavy atom. The van der Waals surface area contributed by atoms with Gasteiger partial charge >= 0.3 is 0 Å². The molecular formula is C21H31N3O2. The van der Waals surface area contributed by atoms with E-state index in [0.29, 0.717) is 18.5 Å². The maximum absolute atomic E-state index is 12.5. The zero-order chi connectivity index (χ0) is 18.5. The first-order valence-electron chi connectivity index (χ1n) is 10.0. The minimum atomic E-state index is -0.0589. The average molecular weight is 357 g/mol. The highest BCUT2D eigenvalue weighted by molar-refractivity contribution is 5.92. The summed E-state index contributed by atoms with van der Waals surface area (Å²) in [5.74, 6) is 0.786. The van der Waals surface area contributed by atoms with Crippen molar-refractivity contribution in [2.45, 2.75) is 71.0 Å². The fourth-order valence-corrected chi connectivity index (χ4v) is 4.04. The number of carbonyl (C=O) groups is 2. The lowest BCUT2D eigenvalue weighted by Crippen LogP contribution is -2.42. The summed E-state index contributed by atoms with van der Waals surface area (Å²) in [6.45, 7) is 4.41. The highest BCUT2D eigenvalue weighted by atomic mass is 16.2. The van der Waals surface area contributed by atoms with Gasteiger partial charge in [-0.15, -0.1) is 0 Å². The van der Waals surface area contributed by atoms with Gasteiger partial charge in [0.15, 0.2) is 0 Å². The largest absolute Gasteiger partial charge is 0.351 e. The normalized spacial score (nSPS) is 26.0. The monoisotopic (exact) mass is 357 g/mol. The molecule has 5 heteroatoms. The molecule has 4 unspecified atom stereocenters. The van der Waals surface area contributed by atoms with E-state index < -0.39 is 0 Å². The molecule has 1 saturated carbocycles. The standard InChI is InChI=1S/C21H31N3O2/c1-3-14(2)20(25)23-17-9-6-7-15(11-17)13-22-21(26)19-12-16-8-4-5-10-18(16)24-19/h6-7,9,11,14,16,18-19,24H,3-5,8,10,12-13H2,1-2H3,(H,22,26)(H,23,25). The third kappa shape index (κ3) is 4.64. The number of benzene rings is 1. The van der Waals surface area contributed by atoms with Crippen LogP contribution in [0.4, 0.5) is 5.69 Å². The second-order valence-corrected chi connectivity index (χ2v) is 7.82. The molecule has 1 aromatic rings. The van der Waals surface area contributed by atoms with Crippen LogP contribution < -0.4 is 16.0 Å². The van der Waals surface area contributed by atoms with Gasteiger partial charge in [0.2, 0.25) is 11.8 Å². The van der Waals surface area contributed by atoms with E-state index in [9.17, 15) is 9.59 Å². The molecule has 0 bridgehead atoms. The second-order valence-electron chi connectivity index (χ2n) is 7.82. The Morgan fingerprint density at radius 3 is 2.85 bits per heavy atom. The molecule has 1 aliphatic heterocycles. The summed E-state index contributed by atoms with van der Waals surface area (Å²) in [5, 5.41) is 9.51. The van der Waals surface area contributed by atoms with Crippen LogP contribution in [0.15, 0.2) is 24.3 Å². The molecule has 3 N–H and O–H groups in total. The van der Waals surface area contributed by atoms with Gasteiger partial charge in [-0.2, -0.15) is 0 Å². The van der Waals surface area contributed by atoms with Crippen LogP contribution in [-0.2, 0) is 16.1 Å². The summed E-state index contributed by atoms with van der Waals surface area (Å²) in [5.41, 5.74) is 1.78. The zero-order valence-corrected chi connectivity index (χ0v) is 15.9. The molecule has 0 radical (unpaired) electrons. The quantitative estimate of drug-likeness (QED) is 0.732. The molecule has 26 heavy (non-hydrogen) atoms. The summed E-state index contributed by atoms with van der Waals surface area (Å²) < 4.78 is 0. The lowest BCUT2D eigenvalue weighted by molar-refractivity contribution is -0.123. The number of nitrogens with one attached hydrogen (secondary N) is 3. The SMILES string of the molecule is CCC(C)C(=O)Nc1cccc(CNC(=O)C2CC3CCCCC3N2)c1. The lowest BCUT2D eigenvalue weighted by Gasteiger charge is -2.24. The summed E-state index contributed by atoms with van der Waals surface area (Å²) in [4.78, 5) is 24.5. The Labute approximate surface area is 156 Å². The Hall–Kier alpha value is -1.88. The Bertz CT molecular complexity index is 632. The number of hydrogen-bond acceptors (Lipinski definition) is 3. The molecule has 2 fully saturated rings. The van der Waals surface area contributed by atoms with Gasteiger partial charge in [-0.1, -0.05) is 38.8 Å². The predicted molar refractivity (Wildman–Crippen MR) is 104 cm³/mol. The Balaban J connectivity index is 1.51. The summed E-state index contributed by atoms with van der Waals surface area (Å²) >= 11 is 0. The predicted octanol–water partition coefficient (Wildman–Crippen LogP) is 3.21. The van der Waals surface area contributed by atoms with Gasteiger partial charge in [0.25, 0.3) is 0 Å². The van der Waals surface area contributed by atoms with Crippen LogP contribution in [0.2, 0.25) is 0 Å². The van der Waals surface area contributed by atoms with Crippen LogP contribution in [0.5, 0.6) is 0 Å². The third-order valence-electron chi connectivity index (χ3n) is 5.90. The van der Waals surface area contributed by atoms with Gasteiger partial charge in [-0.05, 0) is 49.3 Å². The van der Waals surface area contributed by atoms with E-state index in [1.54, 1.807) is 0 Å². The molecule has 0 spiro atoms. The second kappa shape index (κ2) is 8.67. The van der Waals surface area contributed by atoms with Crippen molar-refractivity contribution in [1.29, 1.82) is 0 Å². The number of fused-ring (bicyclic) bond motifs is 1. The summed E-state index contributed by atoms with van der Waals surface area (Å²) in [6.07, 6.45) is 6.80. The molecule has 3 rings (SSSR count). The van der Waals surface area contributed by atoms with Crippen molar-refractivity contribution in [3.8, 4) is 0 Å². The maximum atomic E-state index is 12.5. The first kappa shape index (κ1) is 18.9. The van der Waals surface area contributed by atoms with Crippen LogP contribution in [0.3, 0.4) is 0 Å². The molecular weight excluding hydrogens is 326 g/mol. The van der Waals surface area contributed by atoms with Crippen LogP contribution in [-0.4, -0.2) is 23.9 Å². The Kier molecular flexibility index (Phi) is 6.30. The highest BCUT2D eigenvalue weighted by Crippen LogP contribution is 2.33. The molecule has 1 aromatic carbocycles. The van der Waals surface area contributed by atoms with Gasteiger partial charge in [-0.25, -0.2) is 0 Å². The van der Waals surface area contributed by atoms with E-state index in [2.05, 4.69) is 16.0 Å². The topological polar surface area (TPSA) is 70.2 Å². The van der Waals surface area contributed by atoms with Gasteiger partial charge in [0.05, 0.1) is 6.04 Å². The van der Waals surface area contributed by atoms with Crippen molar-refractivity contribution in [3.05, 3.63) is 29.8 Å². The maximum Gasteiger partial charge on any atom is 0.237 e. The first-order valence-corrected chi connectivity index (χ1v) is 10.0. The van der Waals surface area contributed by atoms with E-state index >= 15 is 0 Å².